The molecule has 8 heteroatoms. The molecule has 0 spiro atoms. The Morgan fingerprint density at radius 3 is 2.69 bits per heavy atom. The number of fused-ring (bicyclic) bond motifs is 1. The first-order chi connectivity index (χ1) is 14.0. The van der Waals surface area contributed by atoms with Crippen LogP contribution in [-0.2, 0) is 9.59 Å². The lowest BCUT2D eigenvalue weighted by molar-refractivity contribution is -0.128. The summed E-state index contributed by atoms with van der Waals surface area (Å²) in [5.74, 6) is 0.440. The van der Waals surface area contributed by atoms with Gasteiger partial charge in [0.25, 0.3) is 0 Å². The summed E-state index contributed by atoms with van der Waals surface area (Å²) >= 11 is 0. The fraction of sp³-hybridized carbons (Fsp3) is 0.286. The van der Waals surface area contributed by atoms with Crippen molar-refractivity contribution in [2.45, 2.75) is 12.5 Å². The van der Waals surface area contributed by atoms with Crippen LogP contribution >= 0.6 is 0 Å². The number of hydrogen-bond acceptors (Lipinski definition) is 5. The number of carbonyl (C=O) groups excluding carboxylic acids is 2. The van der Waals surface area contributed by atoms with Gasteiger partial charge in [0, 0.05) is 19.0 Å². The highest BCUT2D eigenvalue weighted by Crippen LogP contribution is 2.44. The number of nitrogens with one attached hydrogen (secondary N) is 2. The van der Waals surface area contributed by atoms with Crippen molar-refractivity contribution in [3.63, 3.8) is 0 Å². The van der Waals surface area contributed by atoms with Crippen LogP contribution in [0.15, 0.2) is 42.5 Å². The molecule has 1 fully saturated rings. The number of methoxy groups -OCH3 is 2. The number of nitrogens with zero attached hydrogens (tertiary/aromatic N) is 2. The number of aromatic nitrogens is 2. The van der Waals surface area contributed by atoms with Crippen LogP contribution in [0, 0.1) is 5.92 Å². The molecule has 2 N–H and O–H groups in total. The van der Waals surface area contributed by atoms with E-state index in [0.717, 1.165) is 16.6 Å². The van der Waals surface area contributed by atoms with Gasteiger partial charge in [-0.1, -0.05) is 24.3 Å². The number of rotatable bonds is 5. The molecule has 3 aromatic rings. The molecule has 1 saturated heterocycles. The van der Waals surface area contributed by atoms with Crippen LogP contribution in [0.25, 0.3) is 11.0 Å². The van der Waals surface area contributed by atoms with Crippen molar-refractivity contribution in [3.8, 4) is 11.5 Å². The predicted molar refractivity (Wildman–Crippen MR) is 108 cm³/mol. The quantitative estimate of drug-likeness (QED) is 0.694. The summed E-state index contributed by atoms with van der Waals surface area (Å²) in [6.45, 7) is 0. The van der Waals surface area contributed by atoms with Gasteiger partial charge in [-0.25, -0.2) is 4.98 Å². The van der Waals surface area contributed by atoms with Crippen LogP contribution in [0.4, 0.5) is 5.95 Å². The predicted octanol–water partition coefficient (Wildman–Crippen LogP) is 2.74. The third-order valence-corrected chi connectivity index (χ3v) is 5.31. The lowest BCUT2D eigenvalue weighted by Gasteiger charge is -2.26. The first-order valence-corrected chi connectivity index (χ1v) is 9.25. The number of H-pyrrole nitrogens is 1. The highest BCUT2D eigenvalue weighted by molar-refractivity contribution is 5.98. The smallest absolute Gasteiger partial charge is 0.232 e. The maximum absolute atomic E-state index is 13.1. The molecule has 1 aliphatic heterocycles. The molecule has 0 bridgehead atoms. The Morgan fingerprint density at radius 1 is 1.17 bits per heavy atom. The Hall–Kier alpha value is -3.55. The average Bonchev–Trinajstić information content (AvgIpc) is 3.27. The van der Waals surface area contributed by atoms with Crippen LogP contribution in [0.2, 0.25) is 0 Å². The van der Waals surface area contributed by atoms with Crippen molar-refractivity contribution in [3.05, 3.63) is 48.0 Å². The molecule has 8 nitrogen and oxygen atoms in total. The lowest BCUT2D eigenvalue weighted by atomic mass is 9.92. The number of benzene rings is 2. The molecule has 2 amide bonds. The summed E-state index contributed by atoms with van der Waals surface area (Å²) in [6.07, 6.45) is 0.105. The third-order valence-electron chi connectivity index (χ3n) is 5.31. The summed E-state index contributed by atoms with van der Waals surface area (Å²) in [4.78, 5) is 34.6. The van der Waals surface area contributed by atoms with E-state index in [4.69, 9.17) is 9.47 Å². The van der Waals surface area contributed by atoms with Gasteiger partial charge < -0.3 is 19.4 Å². The molecule has 4 rings (SSSR count). The minimum Gasteiger partial charge on any atom is -0.493 e. The van der Waals surface area contributed by atoms with E-state index in [0.29, 0.717) is 17.4 Å². The van der Waals surface area contributed by atoms with Crippen LogP contribution in [0.5, 0.6) is 11.5 Å². The minimum atomic E-state index is -0.596. The average molecular weight is 394 g/mol. The highest BCUT2D eigenvalue weighted by Gasteiger charge is 2.44. The fourth-order valence-corrected chi connectivity index (χ4v) is 3.90. The summed E-state index contributed by atoms with van der Waals surface area (Å²) in [5, 5.41) is 2.82. The molecule has 0 aliphatic carbocycles. The summed E-state index contributed by atoms with van der Waals surface area (Å²) in [5.41, 5.74) is 2.31. The fourth-order valence-electron chi connectivity index (χ4n) is 3.90. The number of para-hydroxylation sites is 3. The van der Waals surface area contributed by atoms with E-state index < -0.39 is 12.0 Å². The van der Waals surface area contributed by atoms with Crippen molar-refractivity contribution in [2.24, 2.45) is 5.92 Å². The number of aromatic amines is 1. The second-order valence-corrected chi connectivity index (χ2v) is 6.93. The van der Waals surface area contributed by atoms with Crippen molar-refractivity contribution in [1.29, 1.82) is 0 Å². The molecule has 2 atom stereocenters. The van der Waals surface area contributed by atoms with E-state index in [-0.39, 0.29) is 18.2 Å². The number of carbonyl (C=O) groups is 2. The molecular formula is C21H22N4O4. The molecule has 150 valence electrons. The van der Waals surface area contributed by atoms with Crippen LogP contribution in [0.1, 0.15) is 18.0 Å². The number of imidazole rings is 1. The van der Waals surface area contributed by atoms with Crippen molar-refractivity contribution < 1.29 is 19.1 Å². The van der Waals surface area contributed by atoms with Crippen molar-refractivity contribution in [1.82, 2.24) is 14.9 Å². The van der Waals surface area contributed by atoms with Gasteiger partial charge in [0.1, 0.15) is 0 Å². The Bertz CT molecular complexity index is 1040. The molecule has 0 saturated carbocycles. The van der Waals surface area contributed by atoms with Gasteiger partial charge in [0.15, 0.2) is 11.5 Å². The first kappa shape index (κ1) is 18.8. The molecule has 29 heavy (non-hydrogen) atoms. The van der Waals surface area contributed by atoms with E-state index in [2.05, 4.69) is 15.3 Å². The van der Waals surface area contributed by atoms with Crippen molar-refractivity contribution in [2.75, 3.05) is 26.6 Å². The number of likely N-dealkylation sites (tertiary alicyclic amines) is 1. The molecule has 0 radical (unpaired) electrons. The topological polar surface area (TPSA) is 96.5 Å². The number of anilines is 1. The molecule has 2 heterocycles. The first-order valence-electron chi connectivity index (χ1n) is 9.25. The zero-order valence-electron chi connectivity index (χ0n) is 16.4. The zero-order chi connectivity index (χ0) is 20.5. The van der Waals surface area contributed by atoms with E-state index in [1.54, 1.807) is 32.2 Å². The number of amides is 2. The summed E-state index contributed by atoms with van der Waals surface area (Å²) in [6, 6.07) is 12.5. The van der Waals surface area contributed by atoms with Crippen LogP contribution in [-0.4, -0.2) is 47.9 Å². The normalized spacial score (nSPS) is 18.9. The van der Waals surface area contributed by atoms with Crippen LogP contribution in [0.3, 0.4) is 0 Å². The standard InChI is InChI=1S/C21H22N4O4/c1-25-17(26)11-13(18(25)12-7-6-10-16(28-2)19(12)29-3)20(27)24-21-22-14-8-4-5-9-15(14)23-21/h4-10,13,18H,11H2,1-3H3,(H2,22,23,24,27). The van der Waals surface area contributed by atoms with E-state index in [1.165, 1.54) is 0 Å². The van der Waals surface area contributed by atoms with Gasteiger partial charge in [-0.05, 0) is 18.2 Å². The van der Waals surface area contributed by atoms with Gasteiger partial charge >= 0.3 is 0 Å². The van der Waals surface area contributed by atoms with Gasteiger partial charge in [-0.3, -0.25) is 14.9 Å². The monoisotopic (exact) mass is 394 g/mol. The molecule has 2 unspecified atom stereocenters. The maximum Gasteiger partial charge on any atom is 0.232 e. The van der Waals surface area contributed by atoms with E-state index in [9.17, 15) is 9.59 Å². The van der Waals surface area contributed by atoms with Gasteiger partial charge in [-0.15, -0.1) is 0 Å². The Morgan fingerprint density at radius 2 is 1.97 bits per heavy atom. The van der Waals surface area contributed by atoms with Gasteiger partial charge in [0.05, 0.1) is 37.2 Å². The molecule has 1 aliphatic rings. The maximum atomic E-state index is 13.1. The largest absolute Gasteiger partial charge is 0.493 e. The van der Waals surface area contributed by atoms with Crippen LogP contribution < -0.4 is 14.8 Å². The Kier molecular flexibility index (Phi) is 4.84. The lowest BCUT2D eigenvalue weighted by Crippen LogP contribution is -2.30. The molecule has 1 aromatic heterocycles. The van der Waals surface area contributed by atoms with E-state index in [1.807, 2.05) is 36.4 Å². The van der Waals surface area contributed by atoms with E-state index >= 15 is 0 Å². The third kappa shape index (κ3) is 3.26. The second kappa shape index (κ2) is 7.46. The highest BCUT2D eigenvalue weighted by atomic mass is 16.5. The number of hydrogen-bond donors (Lipinski definition) is 2. The Balaban J connectivity index is 1.66. The summed E-state index contributed by atoms with van der Waals surface area (Å²) in [7, 11) is 4.79. The second-order valence-electron chi connectivity index (χ2n) is 6.93. The molecule has 2 aromatic carbocycles. The molecular weight excluding hydrogens is 372 g/mol. The SMILES string of the molecule is COc1cccc(C2C(C(=O)Nc3nc4ccccc4[nH]3)CC(=O)N2C)c1OC. The number of ether oxygens (including phenoxy) is 2. The Labute approximate surface area is 167 Å². The van der Waals surface area contributed by atoms with Crippen molar-refractivity contribution >= 4 is 28.8 Å². The minimum absolute atomic E-state index is 0.105. The van der Waals surface area contributed by atoms with Gasteiger partial charge in [0.2, 0.25) is 17.8 Å². The van der Waals surface area contributed by atoms with Gasteiger partial charge in [-0.2, -0.15) is 0 Å². The zero-order valence-corrected chi connectivity index (χ0v) is 16.4. The summed E-state index contributed by atoms with van der Waals surface area (Å²) < 4.78 is 10.9.